The van der Waals surface area contributed by atoms with Gasteiger partial charge in [0.05, 0.1) is 11.0 Å². The molecule has 0 saturated carbocycles. The molecule has 0 spiro atoms. The van der Waals surface area contributed by atoms with E-state index in [0.717, 1.165) is 18.4 Å². The van der Waals surface area contributed by atoms with Crippen LogP contribution in [0, 0.1) is 0 Å². The average molecular weight is 255 g/mol. The van der Waals surface area contributed by atoms with Crippen molar-refractivity contribution in [1.29, 1.82) is 0 Å². The van der Waals surface area contributed by atoms with E-state index < -0.39 is 16.1 Å². The maximum Gasteiger partial charge on any atom is 0.243 e. The molecule has 1 heterocycles. The Balaban J connectivity index is 2.27. The number of benzene rings is 1. The van der Waals surface area contributed by atoms with Gasteiger partial charge in [0.1, 0.15) is 0 Å². The highest BCUT2D eigenvalue weighted by molar-refractivity contribution is 7.89. The van der Waals surface area contributed by atoms with Gasteiger partial charge in [0.2, 0.25) is 10.0 Å². The van der Waals surface area contributed by atoms with E-state index in [4.69, 9.17) is 0 Å². The van der Waals surface area contributed by atoms with Gasteiger partial charge in [0.25, 0.3) is 0 Å². The van der Waals surface area contributed by atoms with Crippen LogP contribution in [0.4, 0.5) is 0 Å². The van der Waals surface area contributed by atoms with Crippen LogP contribution in [0.15, 0.2) is 29.2 Å². The quantitative estimate of drug-likeness (QED) is 0.891. The molecule has 5 heteroatoms. The molecule has 1 aromatic rings. The standard InChI is InChI=1S/C12H17NO3S/c1-10(14)11-4-6-12(7-5-11)17(15,16)13-8-2-3-9-13/h4-7,10,14H,2-3,8-9H2,1H3. The molecule has 2 rings (SSSR count). The molecule has 0 aliphatic carbocycles. The van der Waals surface area contributed by atoms with Crippen molar-refractivity contribution in [3.05, 3.63) is 29.8 Å². The third kappa shape index (κ3) is 2.51. The molecular weight excluding hydrogens is 238 g/mol. The number of nitrogens with zero attached hydrogens (tertiary/aromatic N) is 1. The smallest absolute Gasteiger partial charge is 0.243 e. The summed E-state index contributed by atoms with van der Waals surface area (Å²) in [5.41, 5.74) is 0.727. The summed E-state index contributed by atoms with van der Waals surface area (Å²) in [6, 6.07) is 6.45. The van der Waals surface area contributed by atoms with E-state index in [-0.39, 0.29) is 0 Å². The topological polar surface area (TPSA) is 57.6 Å². The zero-order valence-electron chi connectivity index (χ0n) is 9.83. The van der Waals surface area contributed by atoms with Gasteiger partial charge in [0, 0.05) is 13.1 Å². The van der Waals surface area contributed by atoms with Crippen molar-refractivity contribution < 1.29 is 13.5 Å². The molecule has 1 aromatic carbocycles. The Bertz CT molecular complexity index is 473. The van der Waals surface area contributed by atoms with E-state index in [1.54, 1.807) is 31.2 Å². The molecule has 1 saturated heterocycles. The first-order valence-corrected chi connectivity index (χ1v) is 7.24. The molecule has 0 bridgehead atoms. The maximum absolute atomic E-state index is 12.2. The van der Waals surface area contributed by atoms with Crippen LogP contribution in [0.25, 0.3) is 0 Å². The first-order chi connectivity index (χ1) is 8.01. The van der Waals surface area contributed by atoms with Gasteiger partial charge in [-0.25, -0.2) is 8.42 Å². The zero-order valence-corrected chi connectivity index (χ0v) is 10.7. The summed E-state index contributed by atoms with van der Waals surface area (Å²) in [7, 11) is -3.33. The molecule has 17 heavy (non-hydrogen) atoms. The lowest BCUT2D eigenvalue weighted by Crippen LogP contribution is -2.27. The first kappa shape index (κ1) is 12.5. The molecule has 1 aliphatic rings. The second kappa shape index (κ2) is 4.76. The lowest BCUT2D eigenvalue weighted by Gasteiger charge is -2.15. The Morgan fingerprint density at radius 1 is 1.18 bits per heavy atom. The van der Waals surface area contributed by atoms with Crippen LogP contribution in [-0.2, 0) is 10.0 Å². The van der Waals surface area contributed by atoms with Crippen molar-refractivity contribution in [2.45, 2.75) is 30.8 Å². The van der Waals surface area contributed by atoms with Gasteiger partial charge in [-0.15, -0.1) is 0 Å². The summed E-state index contributed by atoms with van der Waals surface area (Å²) in [5, 5.41) is 9.37. The third-order valence-electron chi connectivity index (χ3n) is 3.07. The van der Waals surface area contributed by atoms with Crippen molar-refractivity contribution in [1.82, 2.24) is 4.31 Å². The van der Waals surface area contributed by atoms with Crippen molar-refractivity contribution in [3.8, 4) is 0 Å². The van der Waals surface area contributed by atoms with Crippen molar-refractivity contribution in [2.24, 2.45) is 0 Å². The summed E-state index contributed by atoms with van der Waals surface area (Å²) >= 11 is 0. The highest BCUT2D eigenvalue weighted by atomic mass is 32.2. The van der Waals surface area contributed by atoms with Gasteiger partial charge in [-0.1, -0.05) is 12.1 Å². The Morgan fingerprint density at radius 2 is 1.71 bits per heavy atom. The molecular formula is C12H17NO3S. The highest BCUT2D eigenvalue weighted by Gasteiger charge is 2.26. The molecule has 1 N–H and O–H groups in total. The summed E-state index contributed by atoms with van der Waals surface area (Å²) in [5.74, 6) is 0. The van der Waals surface area contributed by atoms with Crippen molar-refractivity contribution in [2.75, 3.05) is 13.1 Å². The number of hydrogen-bond donors (Lipinski definition) is 1. The van der Waals surface area contributed by atoms with Crippen LogP contribution in [0.2, 0.25) is 0 Å². The normalized spacial score (nSPS) is 19.4. The van der Waals surface area contributed by atoms with Gasteiger partial charge in [-0.3, -0.25) is 0 Å². The fourth-order valence-corrected chi connectivity index (χ4v) is 3.51. The maximum atomic E-state index is 12.2. The summed E-state index contributed by atoms with van der Waals surface area (Å²) in [6.07, 6.45) is 1.30. The summed E-state index contributed by atoms with van der Waals surface area (Å²) < 4.78 is 25.9. The van der Waals surface area contributed by atoms with Crippen LogP contribution < -0.4 is 0 Å². The van der Waals surface area contributed by atoms with E-state index in [1.165, 1.54) is 4.31 Å². The first-order valence-electron chi connectivity index (χ1n) is 5.80. The second-order valence-electron chi connectivity index (χ2n) is 4.36. The Labute approximate surface area is 102 Å². The van der Waals surface area contributed by atoms with Crippen LogP contribution in [0.3, 0.4) is 0 Å². The van der Waals surface area contributed by atoms with E-state index in [9.17, 15) is 13.5 Å². The Hall–Kier alpha value is -0.910. The van der Waals surface area contributed by atoms with Gasteiger partial charge >= 0.3 is 0 Å². The molecule has 1 atom stereocenters. The minimum atomic E-state index is -3.33. The number of aliphatic hydroxyl groups is 1. The third-order valence-corrected chi connectivity index (χ3v) is 4.98. The van der Waals surface area contributed by atoms with Crippen LogP contribution in [-0.4, -0.2) is 30.9 Å². The fraction of sp³-hybridized carbons (Fsp3) is 0.500. The lowest BCUT2D eigenvalue weighted by atomic mass is 10.1. The lowest BCUT2D eigenvalue weighted by molar-refractivity contribution is 0.199. The summed E-state index contributed by atoms with van der Waals surface area (Å²) in [4.78, 5) is 0.309. The molecule has 1 fully saturated rings. The molecule has 4 nitrogen and oxygen atoms in total. The Morgan fingerprint density at radius 3 is 2.18 bits per heavy atom. The molecule has 0 aromatic heterocycles. The van der Waals surface area contributed by atoms with E-state index in [0.29, 0.717) is 18.0 Å². The molecule has 1 aliphatic heterocycles. The number of aliphatic hydroxyl groups excluding tert-OH is 1. The minimum absolute atomic E-state index is 0.309. The molecule has 1 unspecified atom stereocenters. The highest BCUT2D eigenvalue weighted by Crippen LogP contribution is 2.22. The van der Waals surface area contributed by atoms with E-state index in [2.05, 4.69) is 0 Å². The van der Waals surface area contributed by atoms with Crippen LogP contribution in [0.5, 0.6) is 0 Å². The Kier molecular flexibility index (Phi) is 3.51. The average Bonchev–Trinajstić information content (AvgIpc) is 2.83. The van der Waals surface area contributed by atoms with E-state index in [1.807, 2.05) is 0 Å². The minimum Gasteiger partial charge on any atom is -0.389 e. The number of sulfonamides is 1. The number of hydrogen-bond acceptors (Lipinski definition) is 3. The second-order valence-corrected chi connectivity index (χ2v) is 6.29. The van der Waals surface area contributed by atoms with Gasteiger partial charge in [-0.2, -0.15) is 4.31 Å². The molecule has 94 valence electrons. The molecule has 0 amide bonds. The molecule has 0 radical (unpaired) electrons. The summed E-state index contributed by atoms with van der Waals surface area (Å²) in [6.45, 7) is 2.88. The van der Waals surface area contributed by atoms with Crippen molar-refractivity contribution in [3.63, 3.8) is 0 Å². The van der Waals surface area contributed by atoms with Crippen LogP contribution in [0.1, 0.15) is 31.4 Å². The van der Waals surface area contributed by atoms with Gasteiger partial charge < -0.3 is 5.11 Å². The van der Waals surface area contributed by atoms with E-state index >= 15 is 0 Å². The van der Waals surface area contributed by atoms with Crippen LogP contribution >= 0.6 is 0 Å². The monoisotopic (exact) mass is 255 g/mol. The zero-order chi connectivity index (χ0) is 12.5. The van der Waals surface area contributed by atoms with Crippen molar-refractivity contribution >= 4 is 10.0 Å². The predicted molar refractivity (Wildman–Crippen MR) is 65.1 cm³/mol. The van der Waals surface area contributed by atoms with Gasteiger partial charge in [0.15, 0.2) is 0 Å². The predicted octanol–water partition coefficient (Wildman–Crippen LogP) is 1.52. The number of rotatable bonds is 3. The van der Waals surface area contributed by atoms with Gasteiger partial charge in [-0.05, 0) is 37.5 Å². The SMILES string of the molecule is CC(O)c1ccc(S(=O)(=O)N2CCCC2)cc1. The fourth-order valence-electron chi connectivity index (χ4n) is 2.00. The largest absolute Gasteiger partial charge is 0.389 e.